The highest BCUT2D eigenvalue weighted by Crippen LogP contribution is 2.35. The van der Waals surface area contributed by atoms with Gasteiger partial charge in [-0.2, -0.15) is 0 Å². The molecule has 0 saturated carbocycles. The van der Waals surface area contributed by atoms with Gasteiger partial charge in [-0.1, -0.05) is 0 Å². The van der Waals surface area contributed by atoms with Gasteiger partial charge in [-0.15, -0.1) is 11.3 Å². The number of ether oxygens (including phenoxy) is 2. The van der Waals surface area contributed by atoms with Gasteiger partial charge in [0.2, 0.25) is 0 Å². The molecular formula is C23H27N5O4S. The van der Waals surface area contributed by atoms with Crippen molar-refractivity contribution in [3.63, 3.8) is 0 Å². The van der Waals surface area contributed by atoms with Crippen LogP contribution >= 0.6 is 11.3 Å². The number of nitrogens with zero attached hydrogens (tertiary/aromatic N) is 5. The summed E-state index contributed by atoms with van der Waals surface area (Å²) in [5.41, 5.74) is 1.31. The molecule has 3 aromatic rings. The van der Waals surface area contributed by atoms with Gasteiger partial charge in [-0.05, 0) is 44.9 Å². The second kappa shape index (κ2) is 10.1. The molecule has 1 aliphatic rings. The highest BCUT2D eigenvalue weighted by Gasteiger charge is 2.24. The van der Waals surface area contributed by atoms with E-state index in [1.165, 1.54) is 11.3 Å². The number of thiophene rings is 1. The minimum absolute atomic E-state index is 0.316. The van der Waals surface area contributed by atoms with Crippen LogP contribution in [0.3, 0.4) is 0 Å². The average molecular weight is 470 g/mol. The van der Waals surface area contributed by atoms with Crippen LogP contribution in [0.2, 0.25) is 0 Å². The number of fused-ring (bicyclic) bond motifs is 1. The molecular weight excluding hydrogens is 442 g/mol. The van der Waals surface area contributed by atoms with Crippen molar-refractivity contribution in [3.8, 4) is 0 Å². The number of aromatic nitrogens is 3. The van der Waals surface area contributed by atoms with Crippen LogP contribution in [0.1, 0.15) is 45.9 Å². The first-order chi connectivity index (χ1) is 16.0. The van der Waals surface area contributed by atoms with Gasteiger partial charge in [0.05, 0.1) is 24.2 Å². The van der Waals surface area contributed by atoms with Crippen LogP contribution in [-0.2, 0) is 9.47 Å². The second-order valence-corrected chi connectivity index (χ2v) is 8.61. The number of carbonyl (C=O) groups is 2. The summed E-state index contributed by atoms with van der Waals surface area (Å²) < 4.78 is 10.2. The Hall–Kier alpha value is -3.27. The molecule has 0 radical (unpaired) electrons. The van der Waals surface area contributed by atoms with E-state index >= 15 is 0 Å². The van der Waals surface area contributed by atoms with Gasteiger partial charge in [0.15, 0.2) is 0 Å². The number of aryl methyl sites for hydroxylation is 1. The van der Waals surface area contributed by atoms with E-state index in [-0.39, 0.29) is 11.9 Å². The summed E-state index contributed by atoms with van der Waals surface area (Å²) in [7, 11) is 0. The van der Waals surface area contributed by atoms with E-state index in [4.69, 9.17) is 9.47 Å². The van der Waals surface area contributed by atoms with E-state index < -0.39 is 0 Å². The van der Waals surface area contributed by atoms with Crippen LogP contribution in [-0.4, -0.2) is 66.3 Å². The first kappa shape index (κ1) is 22.9. The number of hydrogen-bond donors (Lipinski definition) is 0. The first-order valence-corrected chi connectivity index (χ1v) is 11.9. The van der Waals surface area contributed by atoms with Crippen molar-refractivity contribution >= 4 is 45.1 Å². The van der Waals surface area contributed by atoms with Gasteiger partial charge in [0.25, 0.3) is 0 Å². The molecule has 1 fully saturated rings. The Morgan fingerprint density at radius 1 is 0.970 bits per heavy atom. The molecule has 1 aliphatic heterocycles. The number of esters is 2. The SMILES string of the molecule is CCOC(=O)c1ccc(N2CCCN(c3ncnc4sc(C(=O)OCC)c(C)c34)CC2)nc1. The van der Waals surface area contributed by atoms with Crippen molar-refractivity contribution in [2.24, 2.45) is 0 Å². The molecule has 33 heavy (non-hydrogen) atoms. The fourth-order valence-corrected chi connectivity index (χ4v) is 4.99. The molecule has 0 aliphatic carbocycles. The summed E-state index contributed by atoms with van der Waals surface area (Å²) in [6.07, 6.45) is 4.04. The van der Waals surface area contributed by atoms with E-state index in [9.17, 15) is 9.59 Å². The maximum Gasteiger partial charge on any atom is 0.348 e. The Morgan fingerprint density at radius 2 is 1.70 bits per heavy atom. The predicted molar refractivity (Wildman–Crippen MR) is 127 cm³/mol. The predicted octanol–water partition coefficient (Wildman–Crippen LogP) is 3.46. The molecule has 4 rings (SSSR count). The van der Waals surface area contributed by atoms with Crippen LogP contribution in [0, 0.1) is 6.92 Å². The molecule has 174 valence electrons. The monoisotopic (exact) mass is 469 g/mol. The zero-order valence-corrected chi connectivity index (χ0v) is 19.9. The molecule has 9 nitrogen and oxygen atoms in total. The van der Waals surface area contributed by atoms with Gasteiger partial charge in [0, 0.05) is 32.4 Å². The van der Waals surface area contributed by atoms with E-state index in [0.29, 0.717) is 23.7 Å². The van der Waals surface area contributed by atoms with Gasteiger partial charge in [-0.25, -0.2) is 24.5 Å². The lowest BCUT2D eigenvalue weighted by Crippen LogP contribution is -2.31. The number of carbonyl (C=O) groups excluding carboxylic acids is 2. The number of rotatable bonds is 6. The third-order valence-electron chi connectivity index (χ3n) is 5.55. The topological polar surface area (TPSA) is 97.8 Å². The number of anilines is 2. The highest BCUT2D eigenvalue weighted by molar-refractivity contribution is 7.20. The van der Waals surface area contributed by atoms with Gasteiger partial charge < -0.3 is 19.3 Å². The van der Waals surface area contributed by atoms with Crippen LogP contribution in [0.15, 0.2) is 24.7 Å². The van der Waals surface area contributed by atoms with Gasteiger partial charge in [0.1, 0.15) is 27.7 Å². The summed E-state index contributed by atoms with van der Waals surface area (Å²) in [5, 5.41) is 0.913. The summed E-state index contributed by atoms with van der Waals surface area (Å²) in [5.74, 6) is 0.994. The average Bonchev–Trinajstić information content (AvgIpc) is 3.00. The largest absolute Gasteiger partial charge is 0.462 e. The van der Waals surface area contributed by atoms with Crippen molar-refractivity contribution < 1.29 is 19.1 Å². The minimum Gasteiger partial charge on any atom is -0.462 e. The fourth-order valence-electron chi connectivity index (χ4n) is 3.95. The standard InChI is InChI=1S/C23H27N5O4S/c1-4-31-22(29)16-7-8-17(24-13-16)27-9-6-10-28(12-11-27)20-18-15(3)19(23(30)32-5-2)33-21(18)26-14-25-20/h7-8,13-14H,4-6,9-12H2,1-3H3. The molecule has 1 saturated heterocycles. The maximum atomic E-state index is 12.4. The molecule has 0 bridgehead atoms. The summed E-state index contributed by atoms with van der Waals surface area (Å²) >= 11 is 1.35. The van der Waals surface area contributed by atoms with E-state index in [1.54, 1.807) is 32.4 Å². The Balaban J connectivity index is 1.53. The van der Waals surface area contributed by atoms with Crippen LogP contribution < -0.4 is 9.80 Å². The zero-order chi connectivity index (χ0) is 23.4. The fraction of sp³-hybridized carbons (Fsp3) is 0.435. The Labute approximate surface area is 196 Å². The molecule has 3 aromatic heterocycles. The summed E-state index contributed by atoms with van der Waals surface area (Å²) in [6, 6.07) is 3.61. The van der Waals surface area contributed by atoms with Crippen molar-refractivity contribution in [1.82, 2.24) is 15.0 Å². The molecule has 0 aromatic carbocycles. The van der Waals surface area contributed by atoms with E-state index in [1.807, 2.05) is 13.0 Å². The third kappa shape index (κ3) is 4.75. The highest BCUT2D eigenvalue weighted by atomic mass is 32.1. The number of hydrogen-bond acceptors (Lipinski definition) is 10. The molecule has 0 amide bonds. The quantitative estimate of drug-likeness (QED) is 0.503. The maximum absolute atomic E-state index is 12.4. The molecule has 10 heteroatoms. The summed E-state index contributed by atoms with van der Waals surface area (Å²) in [4.78, 5) is 43.5. The van der Waals surface area contributed by atoms with E-state index in [0.717, 1.165) is 60.0 Å². The molecule has 0 atom stereocenters. The normalized spacial score (nSPS) is 14.3. The second-order valence-electron chi connectivity index (χ2n) is 7.61. The lowest BCUT2D eigenvalue weighted by Gasteiger charge is -2.24. The van der Waals surface area contributed by atoms with Crippen molar-refractivity contribution in [2.75, 3.05) is 49.2 Å². The van der Waals surface area contributed by atoms with Gasteiger partial charge >= 0.3 is 11.9 Å². The molecule has 0 unspecified atom stereocenters. The summed E-state index contributed by atoms with van der Waals surface area (Å²) in [6.45, 7) is 9.35. The smallest absolute Gasteiger partial charge is 0.348 e. The van der Waals surface area contributed by atoms with Crippen LogP contribution in [0.4, 0.5) is 11.6 Å². The Kier molecular flexibility index (Phi) is 7.02. The molecule has 0 spiro atoms. The van der Waals surface area contributed by atoms with E-state index in [2.05, 4.69) is 24.8 Å². The van der Waals surface area contributed by atoms with Crippen LogP contribution in [0.5, 0.6) is 0 Å². The van der Waals surface area contributed by atoms with Crippen molar-refractivity contribution in [3.05, 3.63) is 40.7 Å². The third-order valence-corrected chi connectivity index (χ3v) is 6.73. The van der Waals surface area contributed by atoms with Crippen molar-refractivity contribution in [1.29, 1.82) is 0 Å². The molecule has 4 heterocycles. The zero-order valence-electron chi connectivity index (χ0n) is 19.0. The number of pyridine rings is 1. The van der Waals surface area contributed by atoms with Gasteiger partial charge in [-0.3, -0.25) is 0 Å². The Morgan fingerprint density at radius 3 is 2.42 bits per heavy atom. The Bertz CT molecular complexity index is 1150. The lowest BCUT2D eigenvalue weighted by molar-refractivity contribution is 0.0518. The molecule has 0 N–H and O–H groups in total. The van der Waals surface area contributed by atoms with Crippen molar-refractivity contribution in [2.45, 2.75) is 27.2 Å². The lowest BCUT2D eigenvalue weighted by atomic mass is 10.2. The minimum atomic E-state index is -0.361. The van der Waals surface area contributed by atoms with Crippen LogP contribution in [0.25, 0.3) is 10.2 Å². The first-order valence-electron chi connectivity index (χ1n) is 11.1.